The standard InChI is InChI=1S/C13H22N4O.ClH/c1-10-9-12(15-17(10)3)13(18)16(2)11-5-4-7-14-8-6-11;/h9,11,14H,4-8H2,1-3H3;1H. The first-order valence-corrected chi connectivity index (χ1v) is 6.58. The van der Waals surface area contributed by atoms with Crippen LogP contribution in [-0.2, 0) is 7.05 Å². The number of hydrogen-bond acceptors (Lipinski definition) is 3. The van der Waals surface area contributed by atoms with Crippen molar-refractivity contribution in [2.45, 2.75) is 32.2 Å². The molecule has 0 bridgehead atoms. The van der Waals surface area contributed by atoms with Crippen LogP contribution >= 0.6 is 12.4 Å². The van der Waals surface area contributed by atoms with Gasteiger partial charge in [0.1, 0.15) is 0 Å². The van der Waals surface area contributed by atoms with E-state index in [-0.39, 0.29) is 18.3 Å². The number of carbonyl (C=O) groups excluding carboxylic acids is 1. The minimum Gasteiger partial charge on any atom is -0.337 e. The van der Waals surface area contributed by atoms with Crippen molar-refractivity contribution in [1.82, 2.24) is 20.0 Å². The highest BCUT2D eigenvalue weighted by Crippen LogP contribution is 2.14. The zero-order chi connectivity index (χ0) is 13.1. The first-order chi connectivity index (χ1) is 8.59. The Hall–Kier alpha value is -1.07. The Bertz CT molecular complexity index is 405. The largest absolute Gasteiger partial charge is 0.337 e. The Morgan fingerprint density at radius 3 is 2.84 bits per heavy atom. The third-order valence-corrected chi connectivity index (χ3v) is 3.75. The maximum absolute atomic E-state index is 12.4. The normalized spacial score (nSPS) is 19.4. The molecule has 0 aromatic carbocycles. The molecule has 1 fully saturated rings. The molecule has 2 rings (SSSR count). The van der Waals surface area contributed by atoms with Crippen molar-refractivity contribution < 1.29 is 4.79 Å². The first kappa shape index (κ1) is 16.0. The summed E-state index contributed by atoms with van der Waals surface area (Å²) in [6, 6.07) is 2.18. The number of aryl methyl sites for hydroxylation is 2. The van der Waals surface area contributed by atoms with E-state index in [4.69, 9.17) is 0 Å². The first-order valence-electron chi connectivity index (χ1n) is 6.58. The number of hydrogen-bond donors (Lipinski definition) is 1. The number of amides is 1. The second-order valence-electron chi connectivity index (χ2n) is 5.05. The number of carbonyl (C=O) groups is 1. The minimum atomic E-state index is 0. The number of aromatic nitrogens is 2. The summed E-state index contributed by atoms with van der Waals surface area (Å²) < 4.78 is 1.75. The lowest BCUT2D eigenvalue weighted by Gasteiger charge is -2.26. The van der Waals surface area contributed by atoms with E-state index in [9.17, 15) is 4.79 Å². The van der Waals surface area contributed by atoms with Gasteiger partial charge in [0.25, 0.3) is 5.91 Å². The van der Waals surface area contributed by atoms with Crippen LogP contribution < -0.4 is 5.32 Å². The molecule has 1 aromatic heterocycles. The molecule has 1 aromatic rings. The molecule has 0 saturated carbocycles. The third kappa shape index (κ3) is 3.70. The summed E-state index contributed by atoms with van der Waals surface area (Å²) in [5.41, 5.74) is 1.56. The van der Waals surface area contributed by atoms with Gasteiger partial charge in [-0.15, -0.1) is 12.4 Å². The fraction of sp³-hybridized carbons (Fsp3) is 0.692. The molecule has 1 aliphatic rings. The molecule has 1 N–H and O–H groups in total. The van der Waals surface area contributed by atoms with Gasteiger partial charge < -0.3 is 10.2 Å². The van der Waals surface area contributed by atoms with Crippen LogP contribution in [0.2, 0.25) is 0 Å². The molecule has 0 radical (unpaired) electrons. The average molecular weight is 287 g/mol. The van der Waals surface area contributed by atoms with Gasteiger partial charge in [-0.25, -0.2) is 0 Å². The molecule has 1 saturated heterocycles. The van der Waals surface area contributed by atoms with Gasteiger partial charge >= 0.3 is 0 Å². The third-order valence-electron chi connectivity index (χ3n) is 3.75. The fourth-order valence-corrected chi connectivity index (χ4v) is 2.40. The Balaban J connectivity index is 0.00000180. The summed E-state index contributed by atoms with van der Waals surface area (Å²) >= 11 is 0. The molecule has 0 aliphatic carbocycles. The smallest absolute Gasteiger partial charge is 0.274 e. The van der Waals surface area contributed by atoms with Gasteiger partial charge in [0, 0.05) is 25.8 Å². The molecule has 19 heavy (non-hydrogen) atoms. The molecule has 1 aliphatic heterocycles. The van der Waals surface area contributed by atoms with Crippen molar-refractivity contribution in [2.75, 3.05) is 20.1 Å². The van der Waals surface area contributed by atoms with Crippen LogP contribution in [0.5, 0.6) is 0 Å². The van der Waals surface area contributed by atoms with Gasteiger partial charge in [-0.2, -0.15) is 5.10 Å². The zero-order valence-corrected chi connectivity index (χ0v) is 12.7. The summed E-state index contributed by atoms with van der Waals surface area (Å²) in [4.78, 5) is 14.2. The highest BCUT2D eigenvalue weighted by molar-refractivity contribution is 5.92. The van der Waals surface area contributed by atoms with Gasteiger partial charge in [-0.3, -0.25) is 9.48 Å². The predicted molar refractivity (Wildman–Crippen MR) is 77.8 cm³/mol. The van der Waals surface area contributed by atoms with Crippen molar-refractivity contribution in [2.24, 2.45) is 7.05 Å². The quantitative estimate of drug-likeness (QED) is 0.893. The molecular weight excluding hydrogens is 264 g/mol. The number of rotatable bonds is 2. The minimum absolute atomic E-state index is 0. The molecule has 1 unspecified atom stereocenters. The van der Waals surface area contributed by atoms with E-state index in [2.05, 4.69) is 10.4 Å². The molecule has 6 heteroatoms. The Morgan fingerprint density at radius 2 is 2.21 bits per heavy atom. The van der Waals surface area contributed by atoms with Crippen molar-refractivity contribution in [1.29, 1.82) is 0 Å². The summed E-state index contributed by atoms with van der Waals surface area (Å²) in [5, 5.41) is 7.63. The SMILES string of the molecule is Cc1cc(C(=O)N(C)C2CCCNCC2)nn1C.Cl. The topological polar surface area (TPSA) is 50.2 Å². The fourth-order valence-electron chi connectivity index (χ4n) is 2.40. The lowest BCUT2D eigenvalue weighted by molar-refractivity contribution is 0.0713. The van der Waals surface area contributed by atoms with Crippen LogP contribution in [0.25, 0.3) is 0 Å². The van der Waals surface area contributed by atoms with Gasteiger partial charge in [0.05, 0.1) is 0 Å². The van der Waals surface area contributed by atoms with E-state index in [0.29, 0.717) is 11.7 Å². The second-order valence-corrected chi connectivity index (χ2v) is 5.05. The molecular formula is C13H23ClN4O. The summed E-state index contributed by atoms with van der Waals surface area (Å²) in [7, 11) is 3.75. The monoisotopic (exact) mass is 286 g/mol. The van der Waals surface area contributed by atoms with E-state index >= 15 is 0 Å². The summed E-state index contributed by atoms with van der Waals surface area (Å²) in [6.07, 6.45) is 3.22. The predicted octanol–water partition coefficient (Wildman–Crippen LogP) is 1.36. The lowest BCUT2D eigenvalue weighted by atomic mass is 10.1. The highest BCUT2D eigenvalue weighted by atomic mass is 35.5. The van der Waals surface area contributed by atoms with Crippen molar-refractivity contribution >= 4 is 18.3 Å². The Labute approximate surface area is 120 Å². The van der Waals surface area contributed by atoms with Gasteiger partial charge in [-0.1, -0.05) is 0 Å². The van der Waals surface area contributed by atoms with Crippen LogP contribution in [-0.4, -0.2) is 46.8 Å². The molecule has 5 nitrogen and oxygen atoms in total. The number of nitrogens with zero attached hydrogens (tertiary/aromatic N) is 3. The molecule has 1 atom stereocenters. The van der Waals surface area contributed by atoms with E-state index in [1.165, 1.54) is 0 Å². The van der Waals surface area contributed by atoms with Crippen molar-refractivity contribution in [3.63, 3.8) is 0 Å². The summed E-state index contributed by atoms with van der Waals surface area (Å²) in [6.45, 7) is 4.00. The zero-order valence-electron chi connectivity index (χ0n) is 11.8. The van der Waals surface area contributed by atoms with Gasteiger partial charge in [0.2, 0.25) is 0 Å². The van der Waals surface area contributed by atoms with Crippen molar-refractivity contribution in [3.05, 3.63) is 17.5 Å². The van der Waals surface area contributed by atoms with Gasteiger partial charge in [0.15, 0.2) is 5.69 Å². The van der Waals surface area contributed by atoms with Crippen LogP contribution in [0.4, 0.5) is 0 Å². The van der Waals surface area contributed by atoms with Gasteiger partial charge in [-0.05, 0) is 45.3 Å². The van der Waals surface area contributed by atoms with E-state index in [1.807, 2.05) is 32.0 Å². The lowest BCUT2D eigenvalue weighted by Crippen LogP contribution is -2.37. The van der Waals surface area contributed by atoms with Crippen molar-refractivity contribution in [3.8, 4) is 0 Å². The maximum Gasteiger partial charge on any atom is 0.274 e. The molecule has 0 spiro atoms. The molecule has 1 amide bonds. The second kappa shape index (κ2) is 6.91. The highest BCUT2D eigenvalue weighted by Gasteiger charge is 2.23. The number of halogens is 1. The molecule has 108 valence electrons. The van der Waals surface area contributed by atoms with Crippen LogP contribution in [0, 0.1) is 6.92 Å². The van der Waals surface area contributed by atoms with Crippen LogP contribution in [0.3, 0.4) is 0 Å². The van der Waals surface area contributed by atoms with E-state index < -0.39 is 0 Å². The summed E-state index contributed by atoms with van der Waals surface area (Å²) in [5.74, 6) is 0.0330. The Morgan fingerprint density at radius 1 is 1.47 bits per heavy atom. The maximum atomic E-state index is 12.4. The van der Waals surface area contributed by atoms with E-state index in [0.717, 1.165) is 38.0 Å². The molecule has 2 heterocycles. The van der Waals surface area contributed by atoms with Crippen LogP contribution in [0.1, 0.15) is 35.4 Å². The van der Waals surface area contributed by atoms with Crippen LogP contribution in [0.15, 0.2) is 6.07 Å². The average Bonchev–Trinajstić information content (AvgIpc) is 2.61. The Kier molecular flexibility index (Phi) is 5.82. The number of nitrogens with one attached hydrogen (secondary N) is 1. The van der Waals surface area contributed by atoms with E-state index in [1.54, 1.807) is 4.68 Å².